The second kappa shape index (κ2) is 8.24. The highest BCUT2D eigenvalue weighted by molar-refractivity contribution is 5.98. The van der Waals surface area contributed by atoms with Crippen molar-refractivity contribution in [1.29, 1.82) is 0 Å². The maximum absolute atomic E-state index is 12.1. The zero-order chi connectivity index (χ0) is 18.4. The average molecular weight is 356 g/mol. The summed E-state index contributed by atoms with van der Waals surface area (Å²) in [6.07, 6.45) is 3.86. The Labute approximate surface area is 150 Å². The molecule has 0 radical (unpaired) electrons. The molecule has 1 aromatic carbocycles. The van der Waals surface area contributed by atoms with E-state index in [1.807, 2.05) is 6.07 Å². The molecule has 1 aliphatic rings. The Balaban J connectivity index is 1.51. The zero-order valence-corrected chi connectivity index (χ0v) is 14.2. The summed E-state index contributed by atoms with van der Waals surface area (Å²) in [6.45, 7) is 2.77. The van der Waals surface area contributed by atoms with Gasteiger partial charge in [-0.25, -0.2) is 9.97 Å². The summed E-state index contributed by atoms with van der Waals surface area (Å²) in [5.41, 5.74) is -0.153. The molecule has 136 valence electrons. The maximum atomic E-state index is 12.1. The minimum absolute atomic E-state index is 0.0517. The molecule has 1 saturated heterocycles. The molecule has 0 saturated carbocycles. The number of amides is 1. The lowest BCUT2D eigenvalue weighted by molar-refractivity contribution is -0.385. The molecule has 1 aliphatic heterocycles. The third-order valence-electron chi connectivity index (χ3n) is 4.14. The van der Waals surface area contributed by atoms with Gasteiger partial charge in [0.15, 0.2) is 0 Å². The van der Waals surface area contributed by atoms with Gasteiger partial charge in [-0.05, 0) is 18.9 Å². The Hall–Kier alpha value is -3.23. The quantitative estimate of drug-likeness (QED) is 0.442. The molecule has 1 amide bonds. The van der Waals surface area contributed by atoms with Crippen molar-refractivity contribution in [2.75, 3.05) is 36.4 Å². The fourth-order valence-corrected chi connectivity index (χ4v) is 2.85. The van der Waals surface area contributed by atoms with Gasteiger partial charge < -0.3 is 15.5 Å². The topological polar surface area (TPSA) is 113 Å². The van der Waals surface area contributed by atoms with Crippen molar-refractivity contribution in [2.24, 2.45) is 0 Å². The van der Waals surface area contributed by atoms with Crippen LogP contribution in [0.3, 0.4) is 0 Å². The number of carbonyl (C=O) groups excluding carboxylic acids is 1. The van der Waals surface area contributed by atoms with Gasteiger partial charge in [-0.3, -0.25) is 14.9 Å². The van der Waals surface area contributed by atoms with E-state index >= 15 is 0 Å². The Bertz CT molecular complexity index is 792. The predicted molar refractivity (Wildman–Crippen MR) is 97.4 cm³/mol. The monoisotopic (exact) mass is 356 g/mol. The van der Waals surface area contributed by atoms with Crippen LogP contribution in [0.1, 0.15) is 23.2 Å². The molecular formula is C17H20N6O3. The molecule has 0 bridgehead atoms. The summed E-state index contributed by atoms with van der Waals surface area (Å²) in [7, 11) is 0. The summed E-state index contributed by atoms with van der Waals surface area (Å²) >= 11 is 0. The van der Waals surface area contributed by atoms with E-state index in [0.717, 1.165) is 18.9 Å². The molecule has 0 spiro atoms. The van der Waals surface area contributed by atoms with Gasteiger partial charge in [0.05, 0.1) is 4.92 Å². The minimum atomic E-state index is -0.562. The van der Waals surface area contributed by atoms with Crippen LogP contribution in [0.25, 0.3) is 0 Å². The number of nitrogens with zero attached hydrogens (tertiary/aromatic N) is 4. The molecule has 2 heterocycles. The van der Waals surface area contributed by atoms with Crippen LogP contribution in [-0.2, 0) is 0 Å². The van der Waals surface area contributed by atoms with Crippen LogP contribution in [0.5, 0.6) is 0 Å². The van der Waals surface area contributed by atoms with Gasteiger partial charge in [0.25, 0.3) is 11.6 Å². The molecule has 9 nitrogen and oxygen atoms in total. The highest BCUT2D eigenvalue weighted by Crippen LogP contribution is 2.19. The standard InChI is InChI=1S/C17H20N6O3/c24-17(13-5-1-2-6-14(13)23(25)26)19-8-7-18-15-11-16(21-12-20-15)22-9-3-4-10-22/h1-2,5-6,11-12H,3-4,7-10H2,(H,19,24)(H,18,20,21). The van der Waals surface area contributed by atoms with E-state index in [9.17, 15) is 14.9 Å². The second-order valence-electron chi connectivity index (χ2n) is 5.91. The summed E-state index contributed by atoms with van der Waals surface area (Å²) in [5, 5.41) is 16.8. The van der Waals surface area contributed by atoms with E-state index in [4.69, 9.17) is 0 Å². The number of hydrogen-bond donors (Lipinski definition) is 2. The highest BCUT2D eigenvalue weighted by Gasteiger charge is 2.18. The number of rotatable bonds is 7. The number of nitro benzene ring substituents is 1. The predicted octanol–water partition coefficient (Wildman–Crippen LogP) is 1.83. The number of nitrogens with one attached hydrogen (secondary N) is 2. The number of hydrogen-bond acceptors (Lipinski definition) is 7. The molecule has 2 aromatic rings. The second-order valence-corrected chi connectivity index (χ2v) is 5.91. The van der Waals surface area contributed by atoms with E-state index < -0.39 is 10.8 Å². The lowest BCUT2D eigenvalue weighted by atomic mass is 10.1. The minimum Gasteiger partial charge on any atom is -0.368 e. The van der Waals surface area contributed by atoms with Crippen LogP contribution < -0.4 is 15.5 Å². The smallest absolute Gasteiger partial charge is 0.282 e. The van der Waals surface area contributed by atoms with E-state index in [1.54, 1.807) is 6.07 Å². The van der Waals surface area contributed by atoms with E-state index in [-0.39, 0.29) is 11.3 Å². The van der Waals surface area contributed by atoms with Gasteiger partial charge >= 0.3 is 0 Å². The maximum Gasteiger partial charge on any atom is 0.282 e. The van der Waals surface area contributed by atoms with Crippen molar-refractivity contribution in [1.82, 2.24) is 15.3 Å². The largest absolute Gasteiger partial charge is 0.368 e. The molecule has 0 aliphatic carbocycles. The van der Waals surface area contributed by atoms with Crippen molar-refractivity contribution in [3.8, 4) is 0 Å². The van der Waals surface area contributed by atoms with Crippen molar-refractivity contribution < 1.29 is 9.72 Å². The van der Waals surface area contributed by atoms with Gasteiger partial charge in [0, 0.05) is 38.3 Å². The van der Waals surface area contributed by atoms with E-state index in [2.05, 4.69) is 25.5 Å². The van der Waals surface area contributed by atoms with Crippen LogP contribution >= 0.6 is 0 Å². The van der Waals surface area contributed by atoms with Gasteiger partial charge in [-0.15, -0.1) is 0 Å². The van der Waals surface area contributed by atoms with Gasteiger partial charge in [-0.1, -0.05) is 12.1 Å². The first-order valence-corrected chi connectivity index (χ1v) is 8.47. The van der Waals surface area contributed by atoms with Crippen molar-refractivity contribution in [3.05, 3.63) is 52.3 Å². The van der Waals surface area contributed by atoms with Crippen LogP contribution in [0.2, 0.25) is 0 Å². The van der Waals surface area contributed by atoms with Crippen molar-refractivity contribution in [2.45, 2.75) is 12.8 Å². The lowest BCUT2D eigenvalue weighted by Gasteiger charge is -2.16. The molecule has 9 heteroatoms. The number of aromatic nitrogens is 2. The molecule has 0 atom stereocenters. The normalized spacial score (nSPS) is 13.5. The molecule has 26 heavy (non-hydrogen) atoms. The lowest BCUT2D eigenvalue weighted by Crippen LogP contribution is -2.29. The Kier molecular flexibility index (Phi) is 5.57. The van der Waals surface area contributed by atoms with Crippen LogP contribution in [0, 0.1) is 10.1 Å². The zero-order valence-electron chi connectivity index (χ0n) is 14.2. The molecule has 1 fully saturated rings. The molecule has 3 rings (SSSR count). The number of para-hydroxylation sites is 1. The number of carbonyl (C=O) groups is 1. The number of anilines is 2. The fraction of sp³-hybridized carbons (Fsp3) is 0.353. The van der Waals surface area contributed by atoms with Crippen molar-refractivity contribution in [3.63, 3.8) is 0 Å². The highest BCUT2D eigenvalue weighted by atomic mass is 16.6. The summed E-state index contributed by atoms with van der Waals surface area (Å²) in [4.78, 5) is 33.2. The first-order valence-electron chi connectivity index (χ1n) is 8.47. The summed E-state index contributed by atoms with van der Waals surface area (Å²) < 4.78 is 0. The third-order valence-corrected chi connectivity index (χ3v) is 4.14. The molecule has 0 unspecified atom stereocenters. The first kappa shape index (κ1) is 17.6. The third kappa shape index (κ3) is 4.24. The van der Waals surface area contributed by atoms with Crippen molar-refractivity contribution >= 4 is 23.2 Å². The Morgan fingerprint density at radius 1 is 1.19 bits per heavy atom. The fourth-order valence-electron chi connectivity index (χ4n) is 2.85. The first-order chi connectivity index (χ1) is 12.6. The van der Waals surface area contributed by atoms with Gasteiger partial charge in [-0.2, -0.15) is 0 Å². The van der Waals surface area contributed by atoms with Gasteiger partial charge in [0.2, 0.25) is 0 Å². The number of nitro groups is 1. The van der Waals surface area contributed by atoms with E-state index in [0.29, 0.717) is 18.9 Å². The SMILES string of the molecule is O=C(NCCNc1cc(N2CCCC2)ncn1)c1ccccc1[N+](=O)[O-]. The Morgan fingerprint density at radius 2 is 1.96 bits per heavy atom. The summed E-state index contributed by atoms with van der Waals surface area (Å²) in [5.74, 6) is 1.10. The molecular weight excluding hydrogens is 336 g/mol. The summed E-state index contributed by atoms with van der Waals surface area (Å²) in [6, 6.07) is 7.77. The Morgan fingerprint density at radius 3 is 2.73 bits per heavy atom. The van der Waals surface area contributed by atoms with E-state index in [1.165, 1.54) is 37.4 Å². The van der Waals surface area contributed by atoms with Crippen LogP contribution in [-0.4, -0.2) is 47.0 Å². The molecule has 2 N–H and O–H groups in total. The molecule has 1 aromatic heterocycles. The van der Waals surface area contributed by atoms with Crippen LogP contribution in [0.15, 0.2) is 36.7 Å². The number of benzene rings is 1. The average Bonchev–Trinajstić information content (AvgIpc) is 3.20. The van der Waals surface area contributed by atoms with Crippen LogP contribution in [0.4, 0.5) is 17.3 Å². The van der Waals surface area contributed by atoms with Gasteiger partial charge in [0.1, 0.15) is 23.5 Å².